The van der Waals surface area contributed by atoms with Gasteiger partial charge in [0, 0.05) is 5.56 Å². The molecule has 26 heavy (non-hydrogen) atoms. The number of unbranched alkanes of at least 4 members (excludes halogenated alkanes) is 1. The molecule has 1 unspecified atom stereocenters. The molecular formula is C18H27NO6S. The lowest BCUT2D eigenvalue weighted by molar-refractivity contribution is -0.139. The van der Waals surface area contributed by atoms with Crippen LogP contribution in [0.15, 0.2) is 12.1 Å². The van der Waals surface area contributed by atoms with Crippen molar-refractivity contribution in [1.82, 2.24) is 5.32 Å². The number of hydrogen-bond donors (Lipinski definition) is 2. The van der Waals surface area contributed by atoms with E-state index in [0.29, 0.717) is 29.4 Å². The number of nitrogens with one attached hydrogen (secondary N) is 1. The van der Waals surface area contributed by atoms with Crippen LogP contribution < -0.4 is 19.5 Å². The number of carboxylic acids is 1. The van der Waals surface area contributed by atoms with E-state index in [0.717, 1.165) is 18.6 Å². The average Bonchev–Trinajstić information content (AvgIpc) is 2.65. The first kappa shape index (κ1) is 22.0. The van der Waals surface area contributed by atoms with Crippen LogP contribution in [0.1, 0.15) is 36.5 Å². The van der Waals surface area contributed by atoms with Crippen molar-refractivity contribution < 1.29 is 28.9 Å². The molecule has 1 rings (SSSR count). The largest absolute Gasteiger partial charge is 0.493 e. The van der Waals surface area contributed by atoms with Gasteiger partial charge in [-0.25, -0.2) is 4.79 Å². The zero-order valence-corrected chi connectivity index (χ0v) is 16.5. The van der Waals surface area contributed by atoms with Crippen LogP contribution in [-0.2, 0) is 4.79 Å². The van der Waals surface area contributed by atoms with Crippen molar-refractivity contribution in [2.45, 2.75) is 32.2 Å². The number of aliphatic carboxylic acids is 1. The van der Waals surface area contributed by atoms with Crippen LogP contribution in [0.5, 0.6) is 17.2 Å². The molecule has 0 spiro atoms. The molecule has 1 atom stereocenters. The fourth-order valence-corrected chi connectivity index (χ4v) is 3.36. The standard InChI is InChI=1S/C18H27NO6S/c1-5-6-8-26-9-7-13(18(21)22)19-17(20)12-10-14(23-2)16(25-4)15(11-12)24-3/h10-11,13H,5-9H2,1-4H3,(H,19,20)(H,21,22). The van der Waals surface area contributed by atoms with Crippen LogP contribution in [0.25, 0.3) is 0 Å². The number of benzene rings is 1. The Morgan fingerprint density at radius 1 is 1.12 bits per heavy atom. The Labute approximate surface area is 158 Å². The molecule has 1 aromatic carbocycles. The van der Waals surface area contributed by atoms with Crippen LogP contribution in [0.3, 0.4) is 0 Å². The highest BCUT2D eigenvalue weighted by Gasteiger charge is 2.22. The second-order valence-electron chi connectivity index (χ2n) is 5.53. The normalized spacial score (nSPS) is 11.5. The number of ether oxygens (including phenoxy) is 3. The molecule has 0 heterocycles. The van der Waals surface area contributed by atoms with Crippen molar-refractivity contribution in [3.8, 4) is 17.2 Å². The van der Waals surface area contributed by atoms with E-state index >= 15 is 0 Å². The summed E-state index contributed by atoms with van der Waals surface area (Å²) in [6, 6.07) is 2.03. The second kappa shape index (κ2) is 11.5. The van der Waals surface area contributed by atoms with E-state index in [1.54, 1.807) is 11.8 Å². The Kier molecular flexibility index (Phi) is 9.72. The molecule has 0 saturated heterocycles. The van der Waals surface area contributed by atoms with Crippen LogP contribution >= 0.6 is 11.8 Å². The predicted octanol–water partition coefficient (Wildman–Crippen LogP) is 2.82. The van der Waals surface area contributed by atoms with Gasteiger partial charge in [0.1, 0.15) is 6.04 Å². The second-order valence-corrected chi connectivity index (χ2v) is 6.76. The van der Waals surface area contributed by atoms with Crippen molar-refractivity contribution in [3.05, 3.63) is 17.7 Å². The van der Waals surface area contributed by atoms with Crippen LogP contribution in [-0.4, -0.2) is 55.9 Å². The summed E-state index contributed by atoms with van der Waals surface area (Å²) in [4.78, 5) is 23.9. The van der Waals surface area contributed by atoms with Gasteiger partial charge in [0.05, 0.1) is 21.3 Å². The van der Waals surface area contributed by atoms with Crippen molar-refractivity contribution in [2.75, 3.05) is 32.8 Å². The summed E-state index contributed by atoms with van der Waals surface area (Å²) >= 11 is 1.69. The lowest BCUT2D eigenvalue weighted by Gasteiger charge is -2.17. The third kappa shape index (κ3) is 6.33. The van der Waals surface area contributed by atoms with E-state index in [1.807, 2.05) is 0 Å². The maximum Gasteiger partial charge on any atom is 0.326 e. The topological polar surface area (TPSA) is 94.1 Å². The molecule has 7 nitrogen and oxygen atoms in total. The predicted molar refractivity (Wildman–Crippen MR) is 102 cm³/mol. The van der Waals surface area contributed by atoms with Gasteiger partial charge in [-0.2, -0.15) is 11.8 Å². The van der Waals surface area contributed by atoms with Gasteiger partial charge in [-0.05, 0) is 36.5 Å². The fourth-order valence-electron chi connectivity index (χ4n) is 2.26. The number of amides is 1. The van der Waals surface area contributed by atoms with E-state index < -0.39 is 17.9 Å². The minimum atomic E-state index is -1.05. The molecule has 1 aromatic rings. The quantitative estimate of drug-likeness (QED) is 0.534. The minimum absolute atomic E-state index is 0.240. The number of thioether (sulfide) groups is 1. The molecule has 0 fully saturated rings. The Hall–Kier alpha value is -2.09. The average molecular weight is 385 g/mol. The summed E-state index contributed by atoms with van der Waals surface area (Å²) in [5.41, 5.74) is 0.240. The smallest absolute Gasteiger partial charge is 0.326 e. The Morgan fingerprint density at radius 3 is 2.19 bits per heavy atom. The fraction of sp³-hybridized carbons (Fsp3) is 0.556. The summed E-state index contributed by atoms with van der Waals surface area (Å²) < 4.78 is 15.7. The van der Waals surface area contributed by atoms with Gasteiger partial charge < -0.3 is 24.6 Å². The molecule has 146 valence electrons. The van der Waals surface area contributed by atoms with E-state index in [1.165, 1.54) is 33.5 Å². The van der Waals surface area contributed by atoms with E-state index in [4.69, 9.17) is 14.2 Å². The number of methoxy groups -OCH3 is 3. The third-order valence-electron chi connectivity index (χ3n) is 3.72. The van der Waals surface area contributed by atoms with Crippen molar-refractivity contribution in [3.63, 3.8) is 0 Å². The number of rotatable bonds is 12. The Morgan fingerprint density at radius 2 is 1.73 bits per heavy atom. The first-order chi connectivity index (χ1) is 12.5. The third-order valence-corrected chi connectivity index (χ3v) is 4.83. The molecule has 0 saturated carbocycles. The first-order valence-electron chi connectivity index (χ1n) is 8.39. The lowest BCUT2D eigenvalue weighted by atomic mass is 10.1. The molecule has 2 N–H and O–H groups in total. The summed E-state index contributed by atoms with van der Waals surface area (Å²) in [5, 5.41) is 11.9. The zero-order valence-electron chi connectivity index (χ0n) is 15.7. The van der Waals surface area contributed by atoms with Gasteiger partial charge >= 0.3 is 5.97 Å². The van der Waals surface area contributed by atoms with Crippen molar-refractivity contribution in [2.24, 2.45) is 0 Å². The Bertz CT molecular complexity index is 582. The highest BCUT2D eigenvalue weighted by molar-refractivity contribution is 7.99. The molecule has 0 bridgehead atoms. The number of carboxylic acid groups (broad SMARTS) is 1. The molecule has 0 aliphatic carbocycles. The Balaban J connectivity index is 2.84. The minimum Gasteiger partial charge on any atom is -0.493 e. The van der Waals surface area contributed by atoms with Gasteiger partial charge in [-0.1, -0.05) is 13.3 Å². The lowest BCUT2D eigenvalue weighted by Crippen LogP contribution is -2.41. The zero-order chi connectivity index (χ0) is 19.5. The van der Waals surface area contributed by atoms with Crippen molar-refractivity contribution >= 4 is 23.6 Å². The molecule has 0 aliphatic heterocycles. The van der Waals surface area contributed by atoms with Crippen LogP contribution in [0.2, 0.25) is 0 Å². The van der Waals surface area contributed by atoms with Gasteiger partial charge in [-0.3, -0.25) is 4.79 Å². The molecule has 0 aromatic heterocycles. The summed E-state index contributed by atoms with van der Waals surface area (Å²) in [7, 11) is 4.37. The van der Waals surface area contributed by atoms with E-state index in [9.17, 15) is 14.7 Å². The monoisotopic (exact) mass is 385 g/mol. The maximum absolute atomic E-state index is 12.5. The molecule has 0 aliphatic rings. The number of carbonyl (C=O) groups is 2. The molecule has 0 radical (unpaired) electrons. The van der Waals surface area contributed by atoms with Crippen LogP contribution in [0.4, 0.5) is 0 Å². The van der Waals surface area contributed by atoms with Gasteiger partial charge in [-0.15, -0.1) is 0 Å². The highest BCUT2D eigenvalue weighted by Crippen LogP contribution is 2.38. The van der Waals surface area contributed by atoms with E-state index in [-0.39, 0.29) is 5.56 Å². The summed E-state index contributed by atoms with van der Waals surface area (Å²) in [5.74, 6) is 1.14. The molecule has 1 amide bonds. The van der Waals surface area contributed by atoms with Gasteiger partial charge in [0.2, 0.25) is 5.75 Å². The van der Waals surface area contributed by atoms with Crippen molar-refractivity contribution in [1.29, 1.82) is 0 Å². The van der Waals surface area contributed by atoms with Crippen LogP contribution in [0, 0.1) is 0 Å². The number of hydrogen-bond acceptors (Lipinski definition) is 6. The SMILES string of the molecule is CCCCSCCC(NC(=O)c1cc(OC)c(OC)c(OC)c1)C(=O)O. The molecular weight excluding hydrogens is 358 g/mol. The number of carbonyl (C=O) groups excluding carboxylic acids is 1. The molecule has 8 heteroatoms. The summed E-state index contributed by atoms with van der Waals surface area (Å²) in [6.07, 6.45) is 2.56. The van der Waals surface area contributed by atoms with E-state index in [2.05, 4.69) is 12.2 Å². The first-order valence-corrected chi connectivity index (χ1v) is 9.55. The van der Waals surface area contributed by atoms with Gasteiger partial charge in [0.15, 0.2) is 11.5 Å². The maximum atomic E-state index is 12.5. The highest BCUT2D eigenvalue weighted by atomic mass is 32.2. The summed E-state index contributed by atoms with van der Waals surface area (Å²) in [6.45, 7) is 2.11. The van der Waals surface area contributed by atoms with Gasteiger partial charge in [0.25, 0.3) is 5.91 Å².